The SMILES string of the molecule is Cc1ccc(/C=C/c2ccc(N(c3ccccc3)c3ccc(-c4ccccc4-c4cc(N(c5ccccc5)c5ccc(/C=C/c6ccc(C)cc6)cc5)ccc4-c4ccccc4C)cc3)cc2)cc1. The fourth-order valence-corrected chi connectivity index (χ4v) is 9.02. The second kappa shape index (κ2) is 20.4. The molecule has 0 radical (unpaired) electrons. The van der Waals surface area contributed by atoms with E-state index in [0.29, 0.717) is 0 Å². The van der Waals surface area contributed by atoms with E-state index in [1.54, 1.807) is 0 Å². The fraction of sp³-hybridized carbons (Fsp3) is 0.0448. The normalized spacial score (nSPS) is 11.3. The summed E-state index contributed by atoms with van der Waals surface area (Å²) in [6.07, 6.45) is 8.71. The van der Waals surface area contributed by atoms with E-state index in [0.717, 1.165) is 50.8 Å². The van der Waals surface area contributed by atoms with Gasteiger partial charge in [-0.05, 0) is 155 Å². The highest BCUT2D eigenvalue weighted by Gasteiger charge is 2.20. The second-order valence-electron chi connectivity index (χ2n) is 17.7. The molecule has 0 aromatic heterocycles. The molecule has 0 N–H and O–H groups in total. The molecule has 0 fully saturated rings. The number of para-hydroxylation sites is 2. The van der Waals surface area contributed by atoms with Crippen molar-refractivity contribution in [1.82, 2.24) is 0 Å². The highest BCUT2D eigenvalue weighted by Crippen LogP contribution is 2.45. The molecule has 0 heterocycles. The van der Waals surface area contributed by atoms with Crippen LogP contribution in [0.3, 0.4) is 0 Å². The maximum atomic E-state index is 2.38. The molecule has 0 spiro atoms. The quantitative estimate of drug-likeness (QED) is 0.106. The first-order valence-corrected chi connectivity index (χ1v) is 23.7. The molecule has 0 saturated carbocycles. The molecule has 0 aliphatic rings. The van der Waals surface area contributed by atoms with Crippen molar-refractivity contribution in [3.05, 3.63) is 288 Å². The van der Waals surface area contributed by atoms with E-state index in [2.05, 4.69) is 304 Å². The molecule has 0 bridgehead atoms. The molecule has 0 unspecified atom stereocenters. The third-order valence-corrected chi connectivity index (χ3v) is 12.8. The molecule has 10 aromatic rings. The van der Waals surface area contributed by atoms with Gasteiger partial charge < -0.3 is 9.80 Å². The number of nitrogens with zero attached hydrogens (tertiary/aromatic N) is 2. The first kappa shape index (κ1) is 44.1. The van der Waals surface area contributed by atoms with Crippen molar-refractivity contribution < 1.29 is 0 Å². The molecular weight excluding hydrogens is 833 g/mol. The van der Waals surface area contributed by atoms with E-state index in [-0.39, 0.29) is 0 Å². The summed E-state index contributed by atoms with van der Waals surface area (Å²) < 4.78 is 0. The van der Waals surface area contributed by atoms with Gasteiger partial charge in [-0.2, -0.15) is 0 Å². The zero-order valence-electron chi connectivity index (χ0n) is 39.4. The minimum Gasteiger partial charge on any atom is -0.311 e. The molecule has 0 amide bonds. The van der Waals surface area contributed by atoms with E-state index in [9.17, 15) is 0 Å². The van der Waals surface area contributed by atoms with Crippen LogP contribution < -0.4 is 9.80 Å². The van der Waals surface area contributed by atoms with Crippen LogP contribution in [0.25, 0.3) is 57.7 Å². The summed E-state index contributed by atoms with van der Waals surface area (Å²) in [5, 5.41) is 0. The van der Waals surface area contributed by atoms with Gasteiger partial charge in [0.05, 0.1) is 0 Å². The maximum absolute atomic E-state index is 2.38. The zero-order valence-corrected chi connectivity index (χ0v) is 39.4. The van der Waals surface area contributed by atoms with Crippen LogP contribution in [-0.4, -0.2) is 0 Å². The molecule has 0 aliphatic carbocycles. The van der Waals surface area contributed by atoms with Gasteiger partial charge in [0, 0.05) is 34.1 Å². The second-order valence-corrected chi connectivity index (χ2v) is 17.7. The summed E-state index contributed by atoms with van der Waals surface area (Å²) in [5.41, 5.74) is 22.0. The zero-order chi connectivity index (χ0) is 46.9. The molecule has 69 heavy (non-hydrogen) atoms. The summed E-state index contributed by atoms with van der Waals surface area (Å²) >= 11 is 0. The lowest BCUT2D eigenvalue weighted by molar-refractivity contribution is 1.28. The highest BCUT2D eigenvalue weighted by atomic mass is 15.1. The Balaban J connectivity index is 1.02. The molecule has 0 aliphatic heterocycles. The summed E-state index contributed by atoms with van der Waals surface area (Å²) in [5.74, 6) is 0. The van der Waals surface area contributed by atoms with Gasteiger partial charge in [-0.1, -0.05) is 211 Å². The van der Waals surface area contributed by atoms with Gasteiger partial charge in [0.15, 0.2) is 0 Å². The molecule has 0 atom stereocenters. The standard InChI is InChI=1S/C67H54N2/c1-49-22-26-52(27-23-49)30-32-54-34-40-59(41-35-54)68(57-15-6-4-7-16-57)61-44-38-56(39-45-61)64-20-12-13-21-65(64)67-48-62(46-47-66(67)63-19-11-10-14-51(63)3)69(58-17-8-5-9-18-58)60-42-36-55(37-43-60)33-31-53-28-24-50(2)25-29-53/h4-48H,1-3H3/b32-30+,33-31+. The Kier molecular flexibility index (Phi) is 13.1. The first-order valence-electron chi connectivity index (χ1n) is 23.7. The molecular formula is C67H54N2. The number of hydrogen-bond acceptors (Lipinski definition) is 2. The Morgan fingerprint density at radius 3 is 1.04 bits per heavy atom. The van der Waals surface area contributed by atoms with Gasteiger partial charge in [0.1, 0.15) is 0 Å². The van der Waals surface area contributed by atoms with Crippen LogP contribution in [0.5, 0.6) is 0 Å². The predicted octanol–water partition coefficient (Wildman–Crippen LogP) is 18.9. The number of anilines is 6. The van der Waals surface area contributed by atoms with Crippen LogP contribution >= 0.6 is 0 Å². The van der Waals surface area contributed by atoms with E-state index in [1.807, 2.05) is 0 Å². The van der Waals surface area contributed by atoms with Gasteiger partial charge in [-0.15, -0.1) is 0 Å². The predicted molar refractivity (Wildman–Crippen MR) is 297 cm³/mol. The topological polar surface area (TPSA) is 6.48 Å². The lowest BCUT2D eigenvalue weighted by atomic mass is 9.87. The minimum atomic E-state index is 1.08. The largest absolute Gasteiger partial charge is 0.311 e. The van der Waals surface area contributed by atoms with Gasteiger partial charge in [-0.25, -0.2) is 0 Å². The average molecular weight is 887 g/mol. The Morgan fingerprint density at radius 1 is 0.246 bits per heavy atom. The van der Waals surface area contributed by atoms with Crippen molar-refractivity contribution in [1.29, 1.82) is 0 Å². The highest BCUT2D eigenvalue weighted by molar-refractivity contribution is 5.95. The smallest absolute Gasteiger partial charge is 0.0468 e. The monoisotopic (exact) mass is 886 g/mol. The van der Waals surface area contributed by atoms with Crippen molar-refractivity contribution in [3.8, 4) is 33.4 Å². The van der Waals surface area contributed by atoms with Gasteiger partial charge in [0.25, 0.3) is 0 Å². The van der Waals surface area contributed by atoms with Crippen molar-refractivity contribution >= 4 is 58.4 Å². The summed E-state index contributed by atoms with van der Waals surface area (Å²) in [7, 11) is 0. The number of aryl methyl sites for hydroxylation is 3. The molecule has 0 saturated heterocycles. The van der Waals surface area contributed by atoms with Gasteiger partial charge in [0.2, 0.25) is 0 Å². The van der Waals surface area contributed by atoms with Gasteiger partial charge in [-0.3, -0.25) is 0 Å². The van der Waals surface area contributed by atoms with Crippen molar-refractivity contribution in [2.45, 2.75) is 20.8 Å². The van der Waals surface area contributed by atoms with Crippen molar-refractivity contribution in [3.63, 3.8) is 0 Å². The average Bonchev–Trinajstić information content (AvgIpc) is 3.40. The van der Waals surface area contributed by atoms with E-state index < -0.39 is 0 Å². The number of hydrogen-bond donors (Lipinski definition) is 0. The Bertz CT molecular complexity index is 3350. The van der Waals surface area contributed by atoms with Crippen LogP contribution in [0.2, 0.25) is 0 Å². The molecule has 10 aromatic carbocycles. The molecule has 2 heteroatoms. The Labute approximate surface area is 408 Å². The van der Waals surface area contributed by atoms with E-state index >= 15 is 0 Å². The van der Waals surface area contributed by atoms with Gasteiger partial charge >= 0.3 is 0 Å². The van der Waals surface area contributed by atoms with Crippen LogP contribution in [0.4, 0.5) is 34.1 Å². The number of benzene rings is 10. The van der Waals surface area contributed by atoms with Crippen LogP contribution in [0, 0.1) is 20.8 Å². The molecule has 2 nitrogen and oxygen atoms in total. The lowest BCUT2D eigenvalue weighted by Gasteiger charge is -2.27. The summed E-state index contributed by atoms with van der Waals surface area (Å²) in [6, 6.07) is 89.8. The number of rotatable bonds is 13. The van der Waals surface area contributed by atoms with Crippen molar-refractivity contribution in [2.24, 2.45) is 0 Å². The van der Waals surface area contributed by atoms with E-state index in [1.165, 1.54) is 55.6 Å². The van der Waals surface area contributed by atoms with E-state index in [4.69, 9.17) is 0 Å². The first-order chi connectivity index (χ1) is 33.9. The maximum Gasteiger partial charge on any atom is 0.0468 e. The van der Waals surface area contributed by atoms with Crippen LogP contribution in [0.15, 0.2) is 249 Å². The summed E-state index contributed by atoms with van der Waals surface area (Å²) in [4.78, 5) is 4.69. The van der Waals surface area contributed by atoms with Crippen LogP contribution in [0.1, 0.15) is 38.9 Å². The fourth-order valence-electron chi connectivity index (χ4n) is 9.02. The minimum absolute atomic E-state index is 1.08. The third kappa shape index (κ3) is 10.2. The van der Waals surface area contributed by atoms with Crippen LogP contribution in [-0.2, 0) is 0 Å². The Hall–Kier alpha value is -8.72. The van der Waals surface area contributed by atoms with Crippen molar-refractivity contribution in [2.75, 3.05) is 9.80 Å². The third-order valence-electron chi connectivity index (χ3n) is 12.8. The molecule has 332 valence electrons. The molecule has 10 rings (SSSR count). The Morgan fingerprint density at radius 2 is 0.580 bits per heavy atom. The summed E-state index contributed by atoms with van der Waals surface area (Å²) in [6.45, 7) is 6.44. The lowest BCUT2D eigenvalue weighted by Crippen LogP contribution is -2.10.